The van der Waals surface area contributed by atoms with Crippen molar-refractivity contribution < 1.29 is 32.3 Å². The maximum atomic E-state index is 14.0. The zero-order chi connectivity index (χ0) is 31.9. The minimum atomic E-state index is -4.73. The highest BCUT2D eigenvalue weighted by Gasteiger charge is 2.70. The number of nitrogens with one attached hydrogen (secondary N) is 1. The van der Waals surface area contributed by atoms with E-state index in [0.29, 0.717) is 30.3 Å². The molecule has 2 saturated heterocycles. The molecule has 2 saturated carbocycles. The van der Waals surface area contributed by atoms with Gasteiger partial charge in [0.05, 0.1) is 28.1 Å². The molecule has 8 rings (SSSR count). The minimum Gasteiger partial charge on any atom is -0.483 e. The first-order valence-corrected chi connectivity index (χ1v) is 17.3. The molecule has 1 aromatic heterocycles. The van der Waals surface area contributed by atoms with Crippen LogP contribution in [-0.4, -0.2) is 52.6 Å². The van der Waals surface area contributed by atoms with Gasteiger partial charge in [0.1, 0.15) is 5.75 Å². The fraction of sp³-hybridized carbons (Fsp3) is 0.455. The average Bonchev–Trinajstić information content (AvgIpc) is 3.78. The zero-order valence-electron chi connectivity index (χ0n) is 24.5. The van der Waals surface area contributed by atoms with Crippen LogP contribution in [0.25, 0.3) is 0 Å². The van der Waals surface area contributed by atoms with E-state index in [1.54, 1.807) is 6.07 Å². The van der Waals surface area contributed by atoms with Crippen molar-refractivity contribution in [1.29, 1.82) is 0 Å². The molecule has 2 bridgehead atoms. The van der Waals surface area contributed by atoms with Crippen LogP contribution in [0.3, 0.4) is 0 Å². The molecule has 3 aromatic rings. The number of aromatic nitrogens is 1. The summed E-state index contributed by atoms with van der Waals surface area (Å²) in [5.41, 5.74) is -0.647. The Bertz CT molecular complexity index is 1800. The Morgan fingerprint density at radius 2 is 1.63 bits per heavy atom. The molecule has 5 aliphatic rings. The number of benzene rings is 2. The molecule has 2 aliphatic carbocycles. The van der Waals surface area contributed by atoms with Gasteiger partial charge in [-0.25, -0.2) is 4.90 Å². The lowest BCUT2D eigenvalue weighted by Gasteiger charge is -2.43. The molecule has 2 aromatic carbocycles. The molecule has 8 nitrogen and oxygen atoms in total. The summed E-state index contributed by atoms with van der Waals surface area (Å²) in [5.74, 6) is -3.30. The second-order valence-corrected chi connectivity index (χ2v) is 15.0. The van der Waals surface area contributed by atoms with Gasteiger partial charge >= 0.3 is 11.0 Å². The number of para-hydroxylation sites is 2. The van der Waals surface area contributed by atoms with E-state index in [0.717, 1.165) is 52.0 Å². The SMILES string of the molecule is O=C(COc1ccccc1[C@@H]1c2sc(=O)[nH]c2S[C@@H]2[C@@H]3C[C@@H]([C@@H]4C(=O)N(c5ccccc5C(F)(F)F)C(=O)[C@@H]34)[C@H]12)N1CCCCC1. The van der Waals surface area contributed by atoms with E-state index in [9.17, 15) is 32.3 Å². The molecule has 46 heavy (non-hydrogen) atoms. The van der Waals surface area contributed by atoms with Crippen molar-refractivity contribution in [3.05, 3.63) is 74.2 Å². The number of hydrogen-bond donors (Lipinski definition) is 1. The van der Waals surface area contributed by atoms with Crippen LogP contribution in [0.5, 0.6) is 5.75 Å². The topological polar surface area (TPSA) is 99.8 Å². The number of carbonyl (C=O) groups excluding carboxylic acids is 3. The molecule has 4 heterocycles. The number of ether oxygens (including phenoxy) is 1. The third kappa shape index (κ3) is 4.56. The van der Waals surface area contributed by atoms with Gasteiger partial charge in [0.25, 0.3) is 5.91 Å². The third-order valence-electron chi connectivity index (χ3n) is 10.5. The number of halogens is 3. The number of thiazole rings is 1. The standard InChI is InChI=1S/C33H30F3N3O5S2/c34-33(35,36)19-9-3-4-10-20(19)39-30(41)25-17-14-18(26(25)31(39)42)27-24(17)23(28-29(45-27)37-32(43)46-28)16-8-2-5-11-21(16)44-15-22(40)38-12-6-1-7-13-38/h2-5,8-11,17-18,23-27H,1,6-7,12-15H2,(H,37,43)/t17-,18-,23+,24-,25+,26+,27-/m1/s1. The molecular weight excluding hydrogens is 640 g/mol. The predicted octanol–water partition coefficient (Wildman–Crippen LogP) is 5.52. The second kappa shape index (κ2) is 11.0. The Morgan fingerprint density at radius 3 is 2.39 bits per heavy atom. The zero-order valence-corrected chi connectivity index (χ0v) is 26.1. The third-order valence-corrected chi connectivity index (χ3v) is 13.1. The molecule has 3 amide bonds. The van der Waals surface area contributed by atoms with Crippen molar-refractivity contribution in [1.82, 2.24) is 9.88 Å². The molecule has 7 atom stereocenters. The summed E-state index contributed by atoms with van der Waals surface area (Å²) in [6.45, 7) is 1.29. The van der Waals surface area contributed by atoms with E-state index in [1.807, 2.05) is 23.1 Å². The van der Waals surface area contributed by atoms with E-state index >= 15 is 0 Å². The van der Waals surface area contributed by atoms with Crippen LogP contribution < -0.4 is 14.5 Å². The van der Waals surface area contributed by atoms with Crippen molar-refractivity contribution in [3.8, 4) is 5.75 Å². The van der Waals surface area contributed by atoms with Crippen molar-refractivity contribution in [2.45, 2.75) is 48.1 Å². The number of carbonyl (C=O) groups is 3. The number of hydrogen-bond acceptors (Lipinski definition) is 7. The average molecular weight is 670 g/mol. The van der Waals surface area contributed by atoms with E-state index < -0.39 is 41.1 Å². The maximum absolute atomic E-state index is 14.0. The predicted molar refractivity (Wildman–Crippen MR) is 165 cm³/mol. The van der Waals surface area contributed by atoms with Crippen LogP contribution >= 0.6 is 23.1 Å². The van der Waals surface area contributed by atoms with Gasteiger partial charge in [-0.2, -0.15) is 13.2 Å². The largest absolute Gasteiger partial charge is 0.483 e. The van der Waals surface area contributed by atoms with Gasteiger partial charge < -0.3 is 14.6 Å². The Kier molecular flexibility index (Phi) is 7.13. The first-order chi connectivity index (χ1) is 22.1. The van der Waals surface area contributed by atoms with Crippen LogP contribution in [0.15, 0.2) is 58.4 Å². The van der Waals surface area contributed by atoms with E-state index in [-0.39, 0.29) is 46.3 Å². The number of rotatable bonds is 5. The number of aromatic amines is 1. The van der Waals surface area contributed by atoms with Gasteiger partial charge in [-0.1, -0.05) is 41.7 Å². The monoisotopic (exact) mass is 669 g/mol. The quantitative estimate of drug-likeness (QED) is 0.359. The van der Waals surface area contributed by atoms with Crippen LogP contribution in [-0.2, 0) is 20.6 Å². The lowest BCUT2D eigenvalue weighted by molar-refractivity contribution is -0.137. The lowest BCUT2D eigenvalue weighted by atomic mass is 9.68. The van der Waals surface area contributed by atoms with Gasteiger partial charge in [-0.3, -0.25) is 19.2 Å². The van der Waals surface area contributed by atoms with Crippen LogP contribution in [0.1, 0.15) is 47.6 Å². The number of fused-ring (bicyclic) bond motifs is 9. The summed E-state index contributed by atoms with van der Waals surface area (Å²) in [5, 5.41) is 0.562. The van der Waals surface area contributed by atoms with Crippen molar-refractivity contribution in [3.63, 3.8) is 0 Å². The highest BCUT2D eigenvalue weighted by atomic mass is 32.2. The summed E-state index contributed by atoms with van der Waals surface area (Å²) in [7, 11) is 0. The molecule has 0 unspecified atom stereocenters. The maximum Gasteiger partial charge on any atom is 0.418 e. The van der Waals surface area contributed by atoms with Crippen LogP contribution in [0.4, 0.5) is 18.9 Å². The molecule has 3 aliphatic heterocycles. The summed E-state index contributed by atoms with van der Waals surface area (Å²) < 4.78 is 48.1. The Labute approximate surface area is 270 Å². The number of nitrogens with zero attached hydrogens (tertiary/aromatic N) is 2. The first kappa shape index (κ1) is 29.8. The summed E-state index contributed by atoms with van der Waals surface area (Å²) in [4.78, 5) is 59.7. The Hall–Kier alpha value is -3.58. The lowest BCUT2D eigenvalue weighted by Crippen LogP contribution is -2.43. The minimum absolute atomic E-state index is 0.0874. The first-order valence-electron chi connectivity index (χ1n) is 15.6. The number of likely N-dealkylation sites (tertiary alicyclic amines) is 1. The van der Waals surface area contributed by atoms with Crippen LogP contribution in [0.2, 0.25) is 0 Å². The number of piperidine rings is 1. The van der Waals surface area contributed by atoms with Crippen molar-refractivity contribution in [2.24, 2.45) is 29.6 Å². The van der Waals surface area contributed by atoms with Gasteiger partial charge in [-0.15, -0.1) is 11.8 Å². The Morgan fingerprint density at radius 1 is 0.935 bits per heavy atom. The summed E-state index contributed by atoms with van der Waals surface area (Å²) >= 11 is 2.60. The second-order valence-electron chi connectivity index (χ2n) is 12.8. The van der Waals surface area contributed by atoms with E-state index in [4.69, 9.17) is 4.74 Å². The van der Waals surface area contributed by atoms with Crippen LogP contribution in [0, 0.1) is 29.6 Å². The van der Waals surface area contributed by atoms with Crippen molar-refractivity contribution in [2.75, 3.05) is 24.6 Å². The molecule has 1 N–H and O–H groups in total. The highest BCUT2D eigenvalue weighted by molar-refractivity contribution is 8.00. The van der Waals surface area contributed by atoms with Gasteiger partial charge in [-0.05, 0) is 61.6 Å². The van der Waals surface area contributed by atoms with Crippen molar-refractivity contribution >= 4 is 46.5 Å². The normalized spacial score (nSPS) is 29.9. The van der Waals surface area contributed by atoms with Gasteiger partial charge in [0, 0.05) is 34.7 Å². The smallest absolute Gasteiger partial charge is 0.418 e. The molecule has 13 heteroatoms. The highest BCUT2D eigenvalue weighted by Crippen LogP contribution is 2.69. The number of anilines is 1. The number of alkyl halides is 3. The fourth-order valence-corrected chi connectivity index (χ4v) is 11.6. The summed E-state index contributed by atoms with van der Waals surface area (Å²) in [6.07, 6.45) is -1.11. The van der Waals surface area contributed by atoms with Gasteiger partial charge in [0.15, 0.2) is 6.61 Å². The Balaban J connectivity index is 1.15. The number of H-pyrrole nitrogens is 1. The molecule has 0 spiro atoms. The van der Waals surface area contributed by atoms with E-state index in [2.05, 4.69) is 4.98 Å². The molecular formula is C33H30F3N3O5S2. The fourth-order valence-electron chi connectivity index (χ4n) is 8.75. The molecule has 240 valence electrons. The molecule has 4 fully saturated rings. The van der Waals surface area contributed by atoms with E-state index in [1.165, 1.54) is 30.0 Å². The summed E-state index contributed by atoms with van der Waals surface area (Å²) in [6, 6.07) is 12.2. The number of amides is 3. The molecule has 0 radical (unpaired) electrons. The number of thioether (sulfide) groups is 1. The number of imide groups is 1. The van der Waals surface area contributed by atoms with Gasteiger partial charge in [0.2, 0.25) is 11.8 Å².